The number of methoxy groups -OCH3 is 1. The molecule has 0 amide bonds. The summed E-state index contributed by atoms with van der Waals surface area (Å²) >= 11 is 0. The van der Waals surface area contributed by atoms with E-state index in [0.29, 0.717) is 6.61 Å². The molecule has 1 unspecified atom stereocenters. The fourth-order valence-corrected chi connectivity index (χ4v) is 1.99. The zero-order chi connectivity index (χ0) is 14.5. The van der Waals surface area contributed by atoms with E-state index in [2.05, 4.69) is 30.2 Å². The van der Waals surface area contributed by atoms with Gasteiger partial charge in [0.1, 0.15) is 11.6 Å². The van der Waals surface area contributed by atoms with Gasteiger partial charge in [0, 0.05) is 24.1 Å². The Morgan fingerprint density at radius 3 is 2.75 bits per heavy atom. The first-order chi connectivity index (χ1) is 9.67. The first-order valence-corrected chi connectivity index (χ1v) is 6.95. The van der Waals surface area contributed by atoms with E-state index in [1.165, 1.54) is 0 Å². The molecule has 0 radical (unpaired) electrons. The Morgan fingerprint density at radius 2 is 2.10 bits per heavy atom. The fraction of sp³-hybridized carbons (Fsp3) is 0.438. The number of hydrogen-bond donors (Lipinski definition) is 1. The number of nitrogens with zero attached hydrogens (tertiary/aromatic N) is 1. The molecular formula is C16H22N2O2. The molecule has 1 aromatic heterocycles. The molecule has 0 saturated carbocycles. The standard InChI is InChI=1S/C16H22N2O2/c1-5-11(2)20-10-13-8-12-6-7-14(19-4)9-15(12)18-16(13)17-3/h6-9,11H,5,10H2,1-4H3,(H,17,18). The highest BCUT2D eigenvalue weighted by molar-refractivity contribution is 5.83. The normalized spacial score (nSPS) is 12.4. The van der Waals surface area contributed by atoms with Crippen molar-refractivity contribution in [2.24, 2.45) is 0 Å². The van der Waals surface area contributed by atoms with Gasteiger partial charge in [-0.2, -0.15) is 0 Å². The van der Waals surface area contributed by atoms with E-state index in [4.69, 9.17) is 9.47 Å². The number of anilines is 1. The van der Waals surface area contributed by atoms with Crippen molar-refractivity contribution >= 4 is 16.7 Å². The number of pyridine rings is 1. The molecule has 1 atom stereocenters. The van der Waals surface area contributed by atoms with Crippen molar-refractivity contribution in [2.45, 2.75) is 33.0 Å². The fourth-order valence-electron chi connectivity index (χ4n) is 1.99. The molecule has 2 rings (SSSR count). The highest BCUT2D eigenvalue weighted by Crippen LogP contribution is 2.24. The summed E-state index contributed by atoms with van der Waals surface area (Å²) in [5.41, 5.74) is 1.99. The quantitative estimate of drug-likeness (QED) is 0.874. The van der Waals surface area contributed by atoms with E-state index < -0.39 is 0 Å². The first kappa shape index (κ1) is 14.6. The van der Waals surface area contributed by atoms with Crippen molar-refractivity contribution in [1.29, 1.82) is 0 Å². The van der Waals surface area contributed by atoms with Crippen LogP contribution in [0.3, 0.4) is 0 Å². The van der Waals surface area contributed by atoms with Crippen LogP contribution in [0.15, 0.2) is 24.3 Å². The van der Waals surface area contributed by atoms with Gasteiger partial charge in [-0.25, -0.2) is 4.98 Å². The van der Waals surface area contributed by atoms with Crippen LogP contribution in [0.1, 0.15) is 25.8 Å². The Kier molecular flexibility index (Phi) is 4.79. The van der Waals surface area contributed by atoms with Gasteiger partial charge in [0.25, 0.3) is 0 Å². The van der Waals surface area contributed by atoms with E-state index in [1.807, 2.05) is 25.2 Å². The molecule has 0 spiro atoms. The number of hydrogen-bond acceptors (Lipinski definition) is 4. The van der Waals surface area contributed by atoms with E-state index in [9.17, 15) is 0 Å². The Bertz CT molecular complexity index is 584. The molecule has 1 aromatic carbocycles. The summed E-state index contributed by atoms with van der Waals surface area (Å²) in [7, 11) is 3.54. The van der Waals surface area contributed by atoms with Gasteiger partial charge in [0.2, 0.25) is 0 Å². The van der Waals surface area contributed by atoms with Gasteiger partial charge in [0.05, 0.1) is 25.3 Å². The van der Waals surface area contributed by atoms with Crippen LogP contribution >= 0.6 is 0 Å². The van der Waals surface area contributed by atoms with Crippen LogP contribution in [0.5, 0.6) is 5.75 Å². The van der Waals surface area contributed by atoms with Crippen LogP contribution in [0.2, 0.25) is 0 Å². The smallest absolute Gasteiger partial charge is 0.131 e. The molecule has 20 heavy (non-hydrogen) atoms. The summed E-state index contributed by atoms with van der Waals surface area (Å²) in [6, 6.07) is 8.03. The van der Waals surface area contributed by atoms with Crippen molar-refractivity contribution in [1.82, 2.24) is 4.98 Å². The third-order valence-corrected chi connectivity index (χ3v) is 3.44. The number of ether oxygens (including phenoxy) is 2. The predicted molar refractivity (Wildman–Crippen MR) is 82.4 cm³/mol. The zero-order valence-corrected chi connectivity index (χ0v) is 12.6. The maximum absolute atomic E-state index is 5.81. The zero-order valence-electron chi connectivity index (χ0n) is 12.6. The van der Waals surface area contributed by atoms with Crippen LogP contribution in [0.25, 0.3) is 10.9 Å². The van der Waals surface area contributed by atoms with Gasteiger partial charge in [-0.15, -0.1) is 0 Å². The molecule has 0 aliphatic rings. The average molecular weight is 274 g/mol. The van der Waals surface area contributed by atoms with E-state index >= 15 is 0 Å². The number of aromatic nitrogens is 1. The molecule has 0 bridgehead atoms. The molecule has 2 aromatic rings. The number of fused-ring (bicyclic) bond motifs is 1. The summed E-state index contributed by atoms with van der Waals surface area (Å²) in [6.45, 7) is 4.77. The van der Waals surface area contributed by atoms with Crippen molar-refractivity contribution in [3.63, 3.8) is 0 Å². The summed E-state index contributed by atoms with van der Waals surface area (Å²) in [4.78, 5) is 4.63. The Labute approximate surface area is 120 Å². The van der Waals surface area contributed by atoms with Gasteiger partial charge in [-0.1, -0.05) is 6.92 Å². The molecule has 0 fully saturated rings. The number of nitrogens with one attached hydrogen (secondary N) is 1. The second kappa shape index (κ2) is 6.57. The van der Waals surface area contributed by atoms with Crippen LogP contribution in [-0.4, -0.2) is 25.2 Å². The molecule has 4 nitrogen and oxygen atoms in total. The summed E-state index contributed by atoms with van der Waals surface area (Å²) in [6.07, 6.45) is 1.26. The van der Waals surface area contributed by atoms with Crippen LogP contribution in [-0.2, 0) is 11.3 Å². The Hall–Kier alpha value is -1.81. The summed E-state index contributed by atoms with van der Waals surface area (Å²) < 4.78 is 11.0. The van der Waals surface area contributed by atoms with E-state index in [0.717, 1.165) is 34.5 Å². The molecule has 108 valence electrons. The molecule has 1 heterocycles. The minimum atomic E-state index is 0.256. The second-order valence-corrected chi connectivity index (χ2v) is 4.83. The predicted octanol–water partition coefficient (Wildman–Crippen LogP) is 3.60. The van der Waals surface area contributed by atoms with Crippen molar-refractivity contribution in [3.05, 3.63) is 29.8 Å². The summed E-state index contributed by atoms with van der Waals surface area (Å²) in [5, 5.41) is 4.23. The SMILES string of the molecule is CCC(C)OCc1cc2ccc(OC)cc2nc1NC. The molecule has 0 aliphatic carbocycles. The Morgan fingerprint density at radius 1 is 1.30 bits per heavy atom. The van der Waals surface area contributed by atoms with E-state index in [1.54, 1.807) is 7.11 Å². The number of rotatable bonds is 6. The van der Waals surface area contributed by atoms with Crippen molar-refractivity contribution in [2.75, 3.05) is 19.5 Å². The highest BCUT2D eigenvalue weighted by atomic mass is 16.5. The van der Waals surface area contributed by atoms with Gasteiger partial charge in [-0.05, 0) is 31.5 Å². The lowest BCUT2D eigenvalue weighted by molar-refractivity contribution is 0.0511. The summed E-state index contributed by atoms with van der Waals surface area (Å²) in [5.74, 6) is 1.67. The highest BCUT2D eigenvalue weighted by Gasteiger charge is 2.08. The first-order valence-electron chi connectivity index (χ1n) is 6.95. The lowest BCUT2D eigenvalue weighted by atomic mass is 10.1. The third kappa shape index (κ3) is 3.20. The monoisotopic (exact) mass is 274 g/mol. The minimum absolute atomic E-state index is 0.256. The average Bonchev–Trinajstić information content (AvgIpc) is 2.50. The maximum Gasteiger partial charge on any atom is 0.131 e. The lowest BCUT2D eigenvalue weighted by Crippen LogP contribution is -2.08. The molecule has 0 saturated heterocycles. The minimum Gasteiger partial charge on any atom is -0.497 e. The molecule has 0 aliphatic heterocycles. The number of benzene rings is 1. The topological polar surface area (TPSA) is 43.4 Å². The van der Waals surface area contributed by atoms with Gasteiger partial charge in [0.15, 0.2) is 0 Å². The maximum atomic E-state index is 5.81. The van der Waals surface area contributed by atoms with Crippen LogP contribution < -0.4 is 10.1 Å². The molecule has 4 heteroatoms. The largest absolute Gasteiger partial charge is 0.497 e. The van der Waals surface area contributed by atoms with Gasteiger partial charge in [-0.3, -0.25) is 0 Å². The molecular weight excluding hydrogens is 252 g/mol. The van der Waals surface area contributed by atoms with Gasteiger partial charge < -0.3 is 14.8 Å². The molecule has 1 N–H and O–H groups in total. The van der Waals surface area contributed by atoms with Crippen LogP contribution in [0, 0.1) is 0 Å². The third-order valence-electron chi connectivity index (χ3n) is 3.44. The Balaban J connectivity index is 2.34. The lowest BCUT2D eigenvalue weighted by Gasteiger charge is -2.14. The van der Waals surface area contributed by atoms with Crippen molar-refractivity contribution < 1.29 is 9.47 Å². The second-order valence-electron chi connectivity index (χ2n) is 4.83. The van der Waals surface area contributed by atoms with E-state index in [-0.39, 0.29) is 6.10 Å². The van der Waals surface area contributed by atoms with Crippen molar-refractivity contribution in [3.8, 4) is 5.75 Å². The van der Waals surface area contributed by atoms with Crippen LogP contribution in [0.4, 0.5) is 5.82 Å². The van der Waals surface area contributed by atoms with Gasteiger partial charge >= 0.3 is 0 Å².